The minimum Gasteiger partial charge on any atom is -0.497 e. The molecule has 3 aromatic rings. The lowest BCUT2D eigenvalue weighted by molar-refractivity contribution is -0.137. The quantitative estimate of drug-likeness (QED) is 0.478. The number of morpholine rings is 1. The SMILES string of the molecule is COc1cccc(Oc2ccc(N=Cc3ccc(OCC(=O)N4CCOCC4)cc3)cc2)c1. The minimum atomic E-state index is -0.0252. The van der Waals surface area contributed by atoms with E-state index in [0.29, 0.717) is 37.8 Å². The zero-order valence-electron chi connectivity index (χ0n) is 18.5. The third-order valence-electron chi connectivity index (χ3n) is 5.08. The van der Waals surface area contributed by atoms with E-state index in [0.717, 1.165) is 22.7 Å². The Morgan fingerprint density at radius 2 is 1.64 bits per heavy atom. The molecule has 7 nitrogen and oxygen atoms in total. The topological polar surface area (TPSA) is 69.6 Å². The van der Waals surface area contributed by atoms with Crippen LogP contribution in [-0.4, -0.2) is 57.0 Å². The number of hydrogen-bond donors (Lipinski definition) is 0. The Kier molecular flexibility index (Phi) is 7.56. The summed E-state index contributed by atoms with van der Waals surface area (Å²) in [6, 6.07) is 22.4. The van der Waals surface area contributed by atoms with Crippen LogP contribution in [0.15, 0.2) is 77.8 Å². The van der Waals surface area contributed by atoms with Gasteiger partial charge in [-0.2, -0.15) is 0 Å². The standard InChI is InChI=1S/C26H26N2O5/c1-30-24-3-2-4-25(17-24)33-23-11-7-21(8-12-23)27-18-20-5-9-22(10-6-20)32-19-26(29)28-13-15-31-16-14-28/h2-12,17-18H,13-16,19H2,1H3. The van der Waals surface area contributed by atoms with Crippen molar-refractivity contribution < 1.29 is 23.7 Å². The molecule has 1 heterocycles. The third-order valence-corrected chi connectivity index (χ3v) is 5.08. The molecule has 1 aliphatic rings. The summed E-state index contributed by atoms with van der Waals surface area (Å²) in [4.78, 5) is 18.4. The summed E-state index contributed by atoms with van der Waals surface area (Å²) in [7, 11) is 1.63. The Balaban J connectivity index is 1.28. The number of amides is 1. The molecule has 0 bridgehead atoms. The Labute approximate surface area is 193 Å². The van der Waals surface area contributed by atoms with Crippen molar-refractivity contribution in [1.29, 1.82) is 0 Å². The number of benzene rings is 3. The number of methoxy groups -OCH3 is 1. The number of ether oxygens (including phenoxy) is 4. The van der Waals surface area contributed by atoms with Crippen molar-refractivity contribution >= 4 is 17.8 Å². The van der Waals surface area contributed by atoms with E-state index in [1.807, 2.05) is 72.8 Å². The summed E-state index contributed by atoms with van der Waals surface area (Å²) in [6.45, 7) is 2.42. The second-order valence-corrected chi connectivity index (χ2v) is 7.38. The predicted molar refractivity (Wildman–Crippen MR) is 126 cm³/mol. The van der Waals surface area contributed by atoms with Crippen molar-refractivity contribution in [2.75, 3.05) is 40.0 Å². The van der Waals surface area contributed by atoms with E-state index in [1.165, 1.54) is 0 Å². The second-order valence-electron chi connectivity index (χ2n) is 7.38. The number of aliphatic imine (C=N–C) groups is 1. The fourth-order valence-corrected chi connectivity index (χ4v) is 3.25. The average Bonchev–Trinajstić information content (AvgIpc) is 2.88. The van der Waals surface area contributed by atoms with E-state index in [4.69, 9.17) is 18.9 Å². The molecule has 0 saturated carbocycles. The summed E-state index contributed by atoms with van der Waals surface area (Å²) >= 11 is 0. The van der Waals surface area contributed by atoms with Gasteiger partial charge in [0.15, 0.2) is 6.61 Å². The van der Waals surface area contributed by atoms with Crippen molar-refractivity contribution in [1.82, 2.24) is 4.90 Å². The summed E-state index contributed by atoms with van der Waals surface area (Å²) < 4.78 is 21.9. The van der Waals surface area contributed by atoms with Crippen LogP contribution in [0.4, 0.5) is 5.69 Å². The maximum Gasteiger partial charge on any atom is 0.260 e. The van der Waals surface area contributed by atoms with Crippen molar-refractivity contribution in [3.05, 3.63) is 78.4 Å². The van der Waals surface area contributed by atoms with Gasteiger partial charge in [0, 0.05) is 25.4 Å². The van der Waals surface area contributed by atoms with E-state index < -0.39 is 0 Å². The summed E-state index contributed by atoms with van der Waals surface area (Å²) in [5.74, 6) is 2.79. The normalized spacial score (nSPS) is 13.7. The molecule has 33 heavy (non-hydrogen) atoms. The lowest BCUT2D eigenvalue weighted by Crippen LogP contribution is -2.42. The maximum absolute atomic E-state index is 12.2. The van der Waals surface area contributed by atoms with Gasteiger partial charge in [-0.15, -0.1) is 0 Å². The highest BCUT2D eigenvalue weighted by Gasteiger charge is 2.17. The van der Waals surface area contributed by atoms with Crippen LogP contribution in [0.3, 0.4) is 0 Å². The molecule has 0 unspecified atom stereocenters. The smallest absolute Gasteiger partial charge is 0.260 e. The number of carbonyl (C=O) groups is 1. The molecule has 7 heteroatoms. The molecule has 0 atom stereocenters. The maximum atomic E-state index is 12.2. The highest BCUT2D eigenvalue weighted by Crippen LogP contribution is 2.26. The molecular weight excluding hydrogens is 420 g/mol. The molecular formula is C26H26N2O5. The van der Waals surface area contributed by atoms with Crippen molar-refractivity contribution in [3.63, 3.8) is 0 Å². The molecule has 1 amide bonds. The van der Waals surface area contributed by atoms with Gasteiger partial charge in [-0.1, -0.05) is 6.07 Å². The Morgan fingerprint density at radius 1 is 0.939 bits per heavy atom. The van der Waals surface area contributed by atoms with Crippen LogP contribution in [0.25, 0.3) is 0 Å². The van der Waals surface area contributed by atoms with Crippen molar-refractivity contribution in [2.45, 2.75) is 0 Å². The zero-order valence-corrected chi connectivity index (χ0v) is 18.5. The van der Waals surface area contributed by atoms with Crippen LogP contribution < -0.4 is 14.2 Å². The Morgan fingerprint density at radius 3 is 2.36 bits per heavy atom. The lowest BCUT2D eigenvalue weighted by atomic mass is 10.2. The highest BCUT2D eigenvalue weighted by atomic mass is 16.5. The third kappa shape index (κ3) is 6.57. The molecule has 1 aliphatic heterocycles. The molecule has 0 spiro atoms. The van der Waals surface area contributed by atoms with E-state index in [2.05, 4.69) is 4.99 Å². The fourth-order valence-electron chi connectivity index (χ4n) is 3.25. The van der Waals surface area contributed by atoms with E-state index in [9.17, 15) is 4.79 Å². The number of nitrogens with zero attached hydrogens (tertiary/aromatic N) is 2. The first kappa shape index (κ1) is 22.4. The molecule has 1 fully saturated rings. The molecule has 0 radical (unpaired) electrons. The van der Waals surface area contributed by atoms with Gasteiger partial charge in [0.25, 0.3) is 5.91 Å². The monoisotopic (exact) mass is 446 g/mol. The van der Waals surface area contributed by atoms with E-state index in [1.54, 1.807) is 18.2 Å². The van der Waals surface area contributed by atoms with Crippen LogP contribution in [-0.2, 0) is 9.53 Å². The van der Waals surface area contributed by atoms with Crippen LogP contribution in [0, 0.1) is 0 Å². The van der Waals surface area contributed by atoms with E-state index in [-0.39, 0.29) is 12.5 Å². The second kappa shape index (κ2) is 11.2. The van der Waals surface area contributed by atoms with Gasteiger partial charge in [-0.25, -0.2) is 0 Å². The predicted octanol–water partition coefficient (Wildman–Crippen LogP) is 4.48. The lowest BCUT2D eigenvalue weighted by Gasteiger charge is -2.26. The van der Waals surface area contributed by atoms with Crippen LogP contribution >= 0.6 is 0 Å². The molecule has 0 N–H and O–H groups in total. The molecule has 4 rings (SSSR count). The molecule has 0 aliphatic carbocycles. The largest absolute Gasteiger partial charge is 0.497 e. The highest BCUT2D eigenvalue weighted by molar-refractivity contribution is 5.82. The summed E-state index contributed by atoms with van der Waals surface area (Å²) in [6.07, 6.45) is 1.78. The first-order chi connectivity index (χ1) is 16.2. The van der Waals surface area contributed by atoms with Crippen LogP contribution in [0.1, 0.15) is 5.56 Å². The number of carbonyl (C=O) groups excluding carboxylic acids is 1. The molecule has 170 valence electrons. The van der Waals surface area contributed by atoms with Crippen LogP contribution in [0.5, 0.6) is 23.0 Å². The summed E-state index contributed by atoms with van der Waals surface area (Å²) in [5, 5.41) is 0. The van der Waals surface area contributed by atoms with Gasteiger partial charge in [0.05, 0.1) is 26.0 Å². The molecule has 1 saturated heterocycles. The van der Waals surface area contributed by atoms with Gasteiger partial charge >= 0.3 is 0 Å². The van der Waals surface area contributed by atoms with Gasteiger partial charge in [0.2, 0.25) is 0 Å². The number of hydrogen-bond acceptors (Lipinski definition) is 6. The summed E-state index contributed by atoms with van der Waals surface area (Å²) in [5.41, 5.74) is 1.74. The van der Waals surface area contributed by atoms with E-state index >= 15 is 0 Å². The first-order valence-corrected chi connectivity index (χ1v) is 10.7. The zero-order chi connectivity index (χ0) is 22.9. The first-order valence-electron chi connectivity index (χ1n) is 10.7. The Hall–Kier alpha value is -3.84. The van der Waals surface area contributed by atoms with Gasteiger partial charge in [-0.3, -0.25) is 9.79 Å². The fraction of sp³-hybridized carbons (Fsp3) is 0.231. The van der Waals surface area contributed by atoms with Gasteiger partial charge in [0.1, 0.15) is 23.0 Å². The minimum absolute atomic E-state index is 0.0252. The van der Waals surface area contributed by atoms with Crippen LogP contribution in [0.2, 0.25) is 0 Å². The van der Waals surface area contributed by atoms with Gasteiger partial charge < -0.3 is 23.8 Å². The van der Waals surface area contributed by atoms with Crippen molar-refractivity contribution in [3.8, 4) is 23.0 Å². The van der Waals surface area contributed by atoms with Gasteiger partial charge in [-0.05, 0) is 66.2 Å². The molecule has 0 aromatic heterocycles. The Bertz CT molecular complexity index is 1070. The molecule has 3 aromatic carbocycles. The average molecular weight is 447 g/mol. The van der Waals surface area contributed by atoms with Crippen molar-refractivity contribution in [2.24, 2.45) is 4.99 Å². The number of rotatable bonds is 8.